The zero-order chi connectivity index (χ0) is 17.3. The van der Waals surface area contributed by atoms with Gasteiger partial charge in [-0.2, -0.15) is 4.31 Å². The van der Waals surface area contributed by atoms with Gasteiger partial charge in [-0.3, -0.25) is 14.9 Å². The Kier molecular flexibility index (Phi) is 4.68. The lowest BCUT2D eigenvalue weighted by atomic mass is 9.86. The van der Waals surface area contributed by atoms with Crippen molar-refractivity contribution in [2.45, 2.75) is 29.7 Å². The first-order chi connectivity index (χ1) is 10.6. The molecule has 0 amide bonds. The quantitative estimate of drug-likeness (QED) is 0.586. The molecule has 1 aromatic rings. The Morgan fingerprint density at radius 3 is 2.26 bits per heavy atom. The van der Waals surface area contributed by atoms with Crippen molar-refractivity contribution in [3.8, 4) is 0 Å². The highest BCUT2D eigenvalue weighted by atomic mass is 32.2. The number of nitrogens with zero attached hydrogens (tertiary/aromatic N) is 2. The van der Waals surface area contributed by atoms with E-state index in [4.69, 9.17) is 10.8 Å². The van der Waals surface area contributed by atoms with E-state index in [0.29, 0.717) is 0 Å². The molecule has 0 bridgehead atoms. The fraction of sp³-hybridized carbons (Fsp3) is 0.462. The first-order valence-electron chi connectivity index (χ1n) is 6.89. The summed E-state index contributed by atoms with van der Waals surface area (Å²) in [4.78, 5) is 20.8. The van der Waals surface area contributed by atoms with Crippen LogP contribution in [0.5, 0.6) is 0 Å². The molecule has 1 aliphatic rings. The van der Waals surface area contributed by atoms with Crippen LogP contribution in [0, 0.1) is 10.1 Å². The van der Waals surface area contributed by atoms with Crippen molar-refractivity contribution in [1.82, 2.24) is 4.31 Å². The van der Waals surface area contributed by atoms with Crippen molar-refractivity contribution >= 4 is 21.7 Å². The summed E-state index contributed by atoms with van der Waals surface area (Å²) in [5.74, 6) is -1.01. The predicted molar refractivity (Wildman–Crippen MR) is 80.3 cm³/mol. The lowest BCUT2D eigenvalue weighted by Crippen LogP contribution is -2.52. The van der Waals surface area contributed by atoms with Crippen LogP contribution in [0.15, 0.2) is 29.2 Å². The number of hydrogen-bond donors (Lipinski definition) is 2. The summed E-state index contributed by atoms with van der Waals surface area (Å²) in [6.45, 7) is 0.228. The Morgan fingerprint density at radius 1 is 1.30 bits per heavy atom. The summed E-state index contributed by atoms with van der Waals surface area (Å²) in [6, 6.07) is 4.65. The summed E-state index contributed by atoms with van der Waals surface area (Å²) in [7, 11) is -3.78. The van der Waals surface area contributed by atoms with Gasteiger partial charge in [-0.25, -0.2) is 8.42 Å². The highest BCUT2D eigenvalue weighted by molar-refractivity contribution is 7.89. The number of carbonyl (C=O) groups is 1. The zero-order valence-corrected chi connectivity index (χ0v) is 13.0. The lowest BCUT2D eigenvalue weighted by Gasteiger charge is -2.37. The third kappa shape index (κ3) is 3.84. The molecule has 3 N–H and O–H groups in total. The number of non-ortho nitro benzene ring substituents is 1. The Labute approximate surface area is 132 Å². The second kappa shape index (κ2) is 6.22. The van der Waals surface area contributed by atoms with Crippen molar-refractivity contribution in [1.29, 1.82) is 0 Å². The third-order valence-corrected chi connectivity index (χ3v) is 5.82. The highest BCUT2D eigenvalue weighted by Gasteiger charge is 2.37. The smallest absolute Gasteiger partial charge is 0.305 e. The lowest BCUT2D eigenvalue weighted by molar-refractivity contribution is -0.384. The van der Waals surface area contributed by atoms with E-state index in [0.717, 1.165) is 12.1 Å². The van der Waals surface area contributed by atoms with E-state index in [1.807, 2.05) is 0 Å². The Morgan fingerprint density at radius 2 is 1.83 bits per heavy atom. The van der Waals surface area contributed by atoms with Gasteiger partial charge in [0.25, 0.3) is 5.69 Å². The largest absolute Gasteiger partial charge is 0.481 e. The van der Waals surface area contributed by atoms with E-state index in [1.165, 1.54) is 16.4 Å². The van der Waals surface area contributed by atoms with Gasteiger partial charge in [0.05, 0.1) is 16.2 Å². The van der Waals surface area contributed by atoms with Crippen molar-refractivity contribution in [3.05, 3.63) is 34.4 Å². The minimum Gasteiger partial charge on any atom is -0.481 e. The molecule has 0 spiro atoms. The fourth-order valence-electron chi connectivity index (χ4n) is 2.54. The molecule has 0 unspecified atom stereocenters. The molecule has 23 heavy (non-hydrogen) atoms. The van der Waals surface area contributed by atoms with Crippen LogP contribution in [0.1, 0.15) is 19.3 Å². The number of carboxylic acids is 1. The van der Waals surface area contributed by atoms with E-state index in [9.17, 15) is 23.3 Å². The first-order valence-corrected chi connectivity index (χ1v) is 8.33. The molecule has 1 heterocycles. The molecule has 0 radical (unpaired) electrons. The minimum absolute atomic E-state index is 0.0362. The molecule has 1 aromatic carbocycles. The fourth-order valence-corrected chi connectivity index (χ4v) is 3.98. The maximum atomic E-state index is 12.5. The van der Waals surface area contributed by atoms with Crippen LogP contribution in [0.4, 0.5) is 5.69 Å². The molecule has 9 nitrogen and oxygen atoms in total. The number of benzene rings is 1. The predicted octanol–water partition coefficient (Wildman–Crippen LogP) is 0.551. The maximum Gasteiger partial charge on any atom is 0.305 e. The average Bonchev–Trinajstić information content (AvgIpc) is 2.46. The number of nitro groups is 1. The highest BCUT2D eigenvalue weighted by Crippen LogP contribution is 2.28. The molecule has 1 fully saturated rings. The molecular weight excluding hydrogens is 326 g/mol. The molecule has 1 saturated heterocycles. The SMILES string of the molecule is NC1(CC(=O)O)CCN(S(=O)(=O)c2ccc([N+](=O)[O-])cc2)CC1. The topological polar surface area (TPSA) is 144 Å². The van der Waals surface area contributed by atoms with Crippen LogP contribution in [-0.2, 0) is 14.8 Å². The molecule has 0 aliphatic carbocycles. The number of piperidine rings is 1. The monoisotopic (exact) mass is 343 g/mol. The van der Waals surface area contributed by atoms with Gasteiger partial charge in [-0.1, -0.05) is 0 Å². The van der Waals surface area contributed by atoms with Gasteiger partial charge in [-0.15, -0.1) is 0 Å². The Balaban J connectivity index is 2.12. The van der Waals surface area contributed by atoms with E-state index in [-0.39, 0.29) is 42.9 Å². The van der Waals surface area contributed by atoms with Crippen molar-refractivity contribution < 1.29 is 23.2 Å². The molecule has 1 aliphatic heterocycles. The van der Waals surface area contributed by atoms with Crippen LogP contribution >= 0.6 is 0 Å². The number of hydrogen-bond acceptors (Lipinski definition) is 6. The maximum absolute atomic E-state index is 12.5. The summed E-state index contributed by atoms with van der Waals surface area (Å²) in [5.41, 5.74) is 4.88. The molecule has 0 aromatic heterocycles. The Hall–Kier alpha value is -2.04. The molecule has 10 heteroatoms. The molecule has 2 rings (SSSR count). The van der Waals surface area contributed by atoms with Gasteiger partial charge >= 0.3 is 5.97 Å². The van der Waals surface area contributed by atoms with Gasteiger partial charge in [0.1, 0.15) is 0 Å². The average molecular weight is 343 g/mol. The van der Waals surface area contributed by atoms with Gasteiger partial charge in [0, 0.05) is 30.8 Å². The van der Waals surface area contributed by atoms with Crippen LogP contribution in [-0.4, -0.2) is 47.4 Å². The van der Waals surface area contributed by atoms with Crippen LogP contribution in [0.2, 0.25) is 0 Å². The summed E-state index contributed by atoms with van der Waals surface area (Å²) >= 11 is 0. The summed E-state index contributed by atoms with van der Waals surface area (Å²) < 4.78 is 26.2. The van der Waals surface area contributed by atoms with Gasteiger partial charge in [0.15, 0.2) is 0 Å². The van der Waals surface area contributed by atoms with Crippen LogP contribution in [0.25, 0.3) is 0 Å². The van der Waals surface area contributed by atoms with Crippen molar-refractivity contribution in [2.75, 3.05) is 13.1 Å². The van der Waals surface area contributed by atoms with Crippen LogP contribution in [0.3, 0.4) is 0 Å². The van der Waals surface area contributed by atoms with Crippen LogP contribution < -0.4 is 5.73 Å². The number of aliphatic carboxylic acids is 1. The normalized spacial score (nSPS) is 18.5. The van der Waals surface area contributed by atoms with E-state index < -0.39 is 26.5 Å². The second-order valence-corrected chi connectivity index (χ2v) is 7.53. The second-order valence-electron chi connectivity index (χ2n) is 5.59. The minimum atomic E-state index is -3.78. The van der Waals surface area contributed by atoms with Crippen molar-refractivity contribution in [2.24, 2.45) is 5.73 Å². The zero-order valence-electron chi connectivity index (χ0n) is 12.2. The van der Waals surface area contributed by atoms with E-state index in [1.54, 1.807) is 0 Å². The van der Waals surface area contributed by atoms with Crippen molar-refractivity contribution in [3.63, 3.8) is 0 Å². The standard InChI is InChI=1S/C13H17N3O6S/c14-13(9-12(17)18)5-7-15(8-6-13)23(21,22)11-3-1-10(2-4-11)16(19)20/h1-4H,5-9,14H2,(H,17,18). The summed E-state index contributed by atoms with van der Waals surface area (Å²) in [5, 5.41) is 19.4. The number of carboxylic acid groups (broad SMARTS) is 1. The third-order valence-electron chi connectivity index (χ3n) is 3.91. The molecular formula is C13H17N3O6S. The van der Waals surface area contributed by atoms with Gasteiger partial charge in [-0.05, 0) is 25.0 Å². The molecule has 0 atom stereocenters. The Bertz CT molecular complexity index is 708. The first kappa shape index (κ1) is 17.3. The number of nitrogens with two attached hydrogens (primary N) is 1. The summed E-state index contributed by atoms with van der Waals surface area (Å²) in [6.07, 6.45) is 0.273. The van der Waals surface area contributed by atoms with E-state index in [2.05, 4.69) is 0 Å². The number of rotatable bonds is 5. The molecule has 126 valence electrons. The number of nitro benzene ring substituents is 1. The number of sulfonamides is 1. The van der Waals surface area contributed by atoms with Gasteiger partial charge in [0.2, 0.25) is 10.0 Å². The van der Waals surface area contributed by atoms with E-state index >= 15 is 0 Å². The molecule has 0 saturated carbocycles. The van der Waals surface area contributed by atoms with Gasteiger partial charge < -0.3 is 10.8 Å².